The second-order valence-electron chi connectivity index (χ2n) is 6.74. The van der Waals surface area contributed by atoms with Crippen LogP contribution in [0.15, 0.2) is 24.4 Å². The molecule has 132 valence electrons. The van der Waals surface area contributed by atoms with Crippen LogP contribution in [-0.4, -0.2) is 44.3 Å². The molecule has 2 fully saturated rings. The summed E-state index contributed by atoms with van der Waals surface area (Å²) in [6.45, 7) is 0.959. The molecule has 2 aromatic heterocycles. The van der Waals surface area contributed by atoms with E-state index in [0.717, 1.165) is 5.01 Å². The number of piperidine rings is 1. The van der Waals surface area contributed by atoms with Gasteiger partial charge in [0, 0.05) is 25.2 Å². The Morgan fingerprint density at radius 1 is 1.28 bits per heavy atom. The molecule has 2 aliphatic rings. The van der Waals surface area contributed by atoms with Crippen molar-refractivity contribution >= 4 is 22.5 Å². The molecule has 1 saturated carbocycles. The molecule has 0 radical (unpaired) electrons. The quantitative estimate of drug-likeness (QED) is 0.879. The zero-order valence-corrected chi connectivity index (χ0v) is 14.7. The number of hydrogen-bond acceptors (Lipinski definition) is 6. The Morgan fingerprint density at radius 2 is 2.08 bits per heavy atom. The highest BCUT2D eigenvalue weighted by Crippen LogP contribution is 2.38. The molecule has 3 heterocycles. The summed E-state index contributed by atoms with van der Waals surface area (Å²) in [4.78, 5) is 18.4. The molecule has 4 rings (SSSR count). The largest absolute Gasteiger partial charge is 0.383 e. The Bertz CT molecular complexity index is 739. The van der Waals surface area contributed by atoms with E-state index in [1.54, 1.807) is 11.1 Å². The number of rotatable bonds is 3. The molecule has 0 spiro atoms. The molecule has 0 unspecified atom stereocenters. The van der Waals surface area contributed by atoms with Crippen molar-refractivity contribution in [3.63, 3.8) is 0 Å². The average Bonchev–Trinajstić information content (AvgIpc) is 3.02. The van der Waals surface area contributed by atoms with Crippen LogP contribution >= 0.6 is 11.3 Å². The Hall–Kier alpha value is -2.06. The maximum Gasteiger partial charge on any atom is 0.323 e. The van der Waals surface area contributed by atoms with E-state index in [1.807, 2.05) is 18.2 Å². The van der Waals surface area contributed by atoms with Crippen LogP contribution < -0.4 is 5.32 Å². The summed E-state index contributed by atoms with van der Waals surface area (Å²) in [5.41, 5.74) is -0.289. The molecule has 2 N–H and O–H groups in total. The Kier molecular flexibility index (Phi) is 4.39. The number of amides is 2. The van der Waals surface area contributed by atoms with E-state index in [9.17, 15) is 9.90 Å². The summed E-state index contributed by atoms with van der Waals surface area (Å²) in [6.07, 6.45) is 6.21. The van der Waals surface area contributed by atoms with Gasteiger partial charge in [0.25, 0.3) is 0 Å². The van der Waals surface area contributed by atoms with Gasteiger partial charge in [0.1, 0.15) is 10.6 Å². The normalized spacial score (nSPS) is 20.1. The highest BCUT2D eigenvalue weighted by molar-refractivity contribution is 7.15. The molecule has 0 bridgehead atoms. The van der Waals surface area contributed by atoms with Crippen LogP contribution in [0.3, 0.4) is 0 Å². The average molecular weight is 359 g/mol. The number of nitrogens with zero attached hydrogens (tertiary/aromatic N) is 4. The van der Waals surface area contributed by atoms with Crippen molar-refractivity contribution < 1.29 is 9.90 Å². The molecule has 2 aromatic rings. The van der Waals surface area contributed by atoms with Gasteiger partial charge in [-0.15, -0.1) is 10.2 Å². The predicted octanol–water partition coefficient (Wildman–Crippen LogP) is 2.72. The maximum absolute atomic E-state index is 12.4. The van der Waals surface area contributed by atoms with Gasteiger partial charge in [-0.05, 0) is 37.8 Å². The minimum absolute atomic E-state index is 0.181. The lowest BCUT2D eigenvalue weighted by atomic mass is 9.86. The fourth-order valence-corrected chi connectivity index (χ4v) is 4.15. The number of aliphatic hydroxyl groups is 1. The fraction of sp³-hybridized carbons (Fsp3) is 0.529. The summed E-state index contributed by atoms with van der Waals surface area (Å²) >= 11 is 1.47. The van der Waals surface area contributed by atoms with Crippen LogP contribution in [0.4, 0.5) is 9.93 Å². The van der Waals surface area contributed by atoms with Crippen molar-refractivity contribution in [2.24, 2.45) is 0 Å². The van der Waals surface area contributed by atoms with Crippen LogP contribution in [0.2, 0.25) is 0 Å². The summed E-state index contributed by atoms with van der Waals surface area (Å²) in [5.74, 6) is 0.520. The lowest BCUT2D eigenvalue weighted by Crippen LogP contribution is -2.47. The van der Waals surface area contributed by atoms with Crippen molar-refractivity contribution in [2.45, 2.75) is 43.6 Å². The van der Waals surface area contributed by atoms with Gasteiger partial charge >= 0.3 is 6.03 Å². The second-order valence-corrected chi connectivity index (χ2v) is 7.75. The molecule has 0 atom stereocenters. The number of pyridine rings is 1. The number of urea groups is 1. The number of hydrogen-bond donors (Lipinski definition) is 2. The van der Waals surface area contributed by atoms with Crippen LogP contribution in [-0.2, 0) is 5.60 Å². The van der Waals surface area contributed by atoms with Gasteiger partial charge in [-0.2, -0.15) is 0 Å². The minimum Gasteiger partial charge on any atom is -0.383 e. The molecule has 1 saturated heterocycles. The summed E-state index contributed by atoms with van der Waals surface area (Å²) in [7, 11) is 0. The lowest BCUT2D eigenvalue weighted by molar-refractivity contribution is -0.0192. The van der Waals surface area contributed by atoms with Crippen molar-refractivity contribution in [3.8, 4) is 0 Å². The number of carbonyl (C=O) groups excluding carboxylic acids is 1. The van der Waals surface area contributed by atoms with E-state index in [1.165, 1.54) is 30.6 Å². The van der Waals surface area contributed by atoms with Crippen molar-refractivity contribution in [1.82, 2.24) is 20.1 Å². The smallest absolute Gasteiger partial charge is 0.323 e. The molecular weight excluding hydrogens is 338 g/mol. The van der Waals surface area contributed by atoms with Gasteiger partial charge in [0.05, 0.1) is 5.69 Å². The molecule has 25 heavy (non-hydrogen) atoms. The van der Waals surface area contributed by atoms with Crippen molar-refractivity contribution in [1.29, 1.82) is 0 Å². The first-order valence-electron chi connectivity index (χ1n) is 8.67. The van der Waals surface area contributed by atoms with E-state index in [2.05, 4.69) is 20.5 Å². The Morgan fingerprint density at radius 3 is 2.72 bits per heavy atom. The van der Waals surface area contributed by atoms with Crippen LogP contribution in [0.25, 0.3) is 0 Å². The van der Waals surface area contributed by atoms with Gasteiger partial charge < -0.3 is 10.0 Å². The zero-order chi connectivity index (χ0) is 17.3. The van der Waals surface area contributed by atoms with Crippen LogP contribution in [0.5, 0.6) is 0 Å². The van der Waals surface area contributed by atoms with Crippen molar-refractivity contribution in [3.05, 3.63) is 35.1 Å². The topological polar surface area (TPSA) is 91.2 Å². The first-order chi connectivity index (χ1) is 12.1. The minimum atomic E-state index is -0.960. The van der Waals surface area contributed by atoms with Crippen molar-refractivity contribution in [2.75, 3.05) is 18.4 Å². The monoisotopic (exact) mass is 359 g/mol. The third-order valence-corrected chi connectivity index (χ3v) is 6.13. The molecule has 8 heteroatoms. The maximum atomic E-state index is 12.4. The molecule has 0 aromatic carbocycles. The van der Waals surface area contributed by atoms with E-state index in [-0.39, 0.29) is 6.03 Å². The van der Waals surface area contributed by atoms with E-state index < -0.39 is 5.60 Å². The number of aromatic nitrogens is 3. The van der Waals surface area contributed by atoms with Gasteiger partial charge in [0.2, 0.25) is 5.13 Å². The summed E-state index contributed by atoms with van der Waals surface area (Å²) < 4.78 is 0. The predicted molar refractivity (Wildman–Crippen MR) is 94.5 cm³/mol. The highest BCUT2D eigenvalue weighted by Gasteiger charge is 2.36. The first kappa shape index (κ1) is 16.4. The van der Waals surface area contributed by atoms with E-state index in [0.29, 0.717) is 42.7 Å². The molecular formula is C17H21N5O2S. The van der Waals surface area contributed by atoms with Gasteiger partial charge in [-0.1, -0.05) is 23.8 Å². The van der Waals surface area contributed by atoms with Gasteiger partial charge in [0.15, 0.2) is 0 Å². The van der Waals surface area contributed by atoms with E-state index >= 15 is 0 Å². The third-order valence-electron chi connectivity index (χ3n) is 5.13. The van der Waals surface area contributed by atoms with Gasteiger partial charge in [-0.3, -0.25) is 10.3 Å². The van der Waals surface area contributed by atoms with Gasteiger partial charge in [-0.25, -0.2) is 4.79 Å². The SMILES string of the molecule is O=C(Nc1nnc(C2CCC2)s1)N1CCC(O)(c2ccccn2)CC1. The van der Waals surface area contributed by atoms with Crippen LogP contribution in [0, 0.1) is 0 Å². The molecule has 7 nitrogen and oxygen atoms in total. The summed E-state index contributed by atoms with van der Waals surface area (Å²) in [6, 6.07) is 5.35. The fourth-order valence-electron chi connectivity index (χ4n) is 3.25. The number of nitrogens with one attached hydrogen (secondary N) is 1. The summed E-state index contributed by atoms with van der Waals surface area (Å²) in [5, 5.41) is 23.5. The Balaban J connectivity index is 1.34. The molecule has 2 amide bonds. The lowest BCUT2D eigenvalue weighted by Gasteiger charge is -2.37. The number of carbonyl (C=O) groups is 1. The number of likely N-dealkylation sites (tertiary alicyclic amines) is 1. The van der Waals surface area contributed by atoms with Crippen LogP contribution in [0.1, 0.15) is 48.7 Å². The second kappa shape index (κ2) is 6.68. The molecule has 1 aliphatic heterocycles. The third kappa shape index (κ3) is 3.36. The molecule has 1 aliphatic carbocycles. The first-order valence-corrected chi connectivity index (χ1v) is 9.49. The standard InChI is InChI=1S/C17H21N5O2S/c23-16(19-15-21-20-14(25-15)12-4-3-5-12)22-10-7-17(24,8-11-22)13-6-1-2-9-18-13/h1-2,6,9,12,24H,3-5,7-8,10-11H2,(H,19,21,23). The number of anilines is 1. The zero-order valence-electron chi connectivity index (χ0n) is 13.9. The Labute approximate surface area is 150 Å². The highest BCUT2D eigenvalue weighted by atomic mass is 32.1. The van der Waals surface area contributed by atoms with E-state index in [4.69, 9.17) is 0 Å².